The lowest BCUT2D eigenvalue weighted by Crippen LogP contribution is -2.59. The monoisotopic (exact) mass is 432 g/mol. The second-order valence-electron chi connectivity index (χ2n) is 9.84. The first-order valence-corrected chi connectivity index (χ1v) is 11.6. The molecule has 0 aromatic carbocycles. The van der Waals surface area contributed by atoms with Gasteiger partial charge in [0.15, 0.2) is 5.65 Å². The highest BCUT2D eigenvalue weighted by Gasteiger charge is 2.54. The number of aliphatic hydroxyl groups is 1. The number of H-pyrrole nitrogens is 1. The third kappa shape index (κ3) is 3.43. The van der Waals surface area contributed by atoms with Gasteiger partial charge < -0.3 is 20.7 Å². The van der Waals surface area contributed by atoms with Crippen molar-refractivity contribution in [2.24, 2.45) is 17.8 Å². The summed E-state index contributed by atoms with van der Waals surface area (Å²) in [7, 11) is 0. The molecule has 2 unspecified atom stereocenters. The number of rotatable bonds is 6. The molecule has 4 fully saturated rings. The molecule has 0 radical (unpaired) electrons. The number of imidazole rings is 1. The standard InChI is InChI=1S/C24H28N6O2/c31-23(26-6-4-17-3-1-2-5-25-17)18-12-27-22-21(28-13-29-22)20(18)30-19-15-7-14-8-16(19)11-24(32,9-14)10-15/h1-3,5,12-16,19,32H,4,6-11H2,(H,26,31)(H2,27,28,29,30)/t14?,15?,16?,19-,24+. The molecule has 4 aliphatic rings. The number of nitrogens with zero attached hydrogens (tertiary/aromatic N) is 3. The minimum atomic E-state index is -0.486. The summed E-state index contributed by atoms with van der Waals surface area (Å²) in [6.07, 6.45) is 10.6. The average Bonchev–Trinajstić information content (AvgIpc) is 3.25. The van der Waals surface area contributed by atoms with Crippen LogP contribution in [0.15, 0.2) is 36.9 Å². The van der Waals surface area contributed by atoms with Crippen LogP contribution in [0.3, 0.4) is 0 Å². The smallest absolute Gasteiger partial charge is 0.255 e. The Balaban J connectivity index is 1.24. The van der Waals surface area contributed by atoms with Crippen LogP contribution in [0.4, 0.5) is 5.69 Å². The number of carbonyl (C=O) groups is 1. The van der Waals surface area contributed by atoms with Crippen LogP contribution in [0.1, 0.15) is 48.2 Å². The van der Waals surface area contributed by atoms with Crippen LogP contribution in [0.5, 0.6) is 0 Å². The summed E-state index contributed by atoms with van der Waals surface area (Å²) in [5.41, 5.74) is 3.07. The topological polar surface area (TPSA) is 116 Å². The zero-order valence-corrected chi connectivity index (χ0v) is 17.9. The van der Waals surface area contributed by atoms with Gasteiger partial charge in [-0.1, -0.05) is 6.07 Å². The molecule has 4 aliphatic carbocycles. The van der Waals surface area contributed by atoms with Gasteiger partial charge in [-0.05, 0) is 62.0 Å². The van der Waals surface area contributed by atoms with Crippen molar-refractivity contribution in [3.63, 3.8) is 0 Å². The number of fused-ring (bicyclic) bond motifs is 1. The van der Waals surface area contributed by atoms with E-state index in [9.17, 15) is 9.90 Å². The largest absolute Gasteiger partial charge is 0.390 e. The molecular weight excluding hydrogens is 404 g/mol. The first-order valence-electron chi connectivity index (χ1n) is 11.6. The maximum absolute atomic E-state index is 13.1. The van der Waals surface area contributed by atoms with E-state index < -0.39 is 5.60 Å². The molecular formula is C24H28N6O2. The van der Waals surface area contributed by atoms with Gasteiger partial charge in [0.2, 0.25) is 0 Å². The zero-order valence-electron chi connectivity index (χ0n) is 17.9. The van der Waals surface area contributed by atoms with Crippen molar-refractivity contribution in [3.8, 4) is 0 Å². The predicted molar refractivity (Wildman–Crippen MR) is 120 cm³/mol. The molecule has 0 aliphatic heterocycles. The number of pyridine rings is 2. The number of carbonyl (C=O) groups excluding carboxylic acids is 1. The SMILES string of the molecule is O=C(NCCc1ccccn1)c1cnc2[nH]cnc2c1N[C@H]1C2CC3CC1C[C@@](O)(C3)C2. The third-order valence-electron chi connectivity index (χ3n) is 7.64. The minimum Gasteiger partial charge on any atom is -0.390 e. The van der Waals surface area contributed by atoms with Crippen LogP contribution < -0.4 is 10.6 Å². The normalized spacial score (nSPS) is 30.5. The highest BCUT2D eigenvalue weighted by molar-refractivity contribution is 6.05. The predicted octanol–water partition coefficient (Wildman–Crippen LogP) is 2.68. The van der Waals surface area contributed by atoms with Crippen molar-refractivity contribution in [3.05, 3.63) is 48.2 Å². The van der Waals surface area contributed by atoms with Crippen molar-refractivity contribution in [2.75, 3.05) is 11.9 Å². The Morgan fingerprint density at radius 2 is 2.00 bits per heavy atom. The van der Waals surface area contributed by atoms with Crippen molar-refractivity contribution < 1.29 is 9.90 Å². The summed E-state index contributed by atoms with van der Waals surface area (Å²) in [5.74, 6) is 1.32. The molecule has 0 spiro atoms. The Morgan fingerprint density at radius 1 is 1.16 bits per heavy atom. The number of hydrogen-bond acceptors (Lipinski definition) is 6. The maximum Gasteiger partial charge on any atom is 0.255 e. The molecule has 8 heteroatoms. The molecule has 3 aromatic rings. The maximum atomic E-state index is 13.1. The Labute approximate surface area is 186 Å². The van der Waals surface area contributed by atoms with E-state index in [1.165, 1.54) is 0 Å². The molecule has 7 rings (SSSR count). The zero-order chi connectivity index (χ0) is 21.7. The number of hydrogen-bond donors (Lipinski definition) is 4. The fourth-order valence-corrected chi connectivity index (χ4v) is 6.54. The quantitative estimate of drug-likeness (QED) is 0.476. The van der Waals surface area contributed by atoms with Crippen LogP contribution in [0.2, 0.25) is 0 Å². The van der Waals surface area contributed by atoms with Crippen LogP contribution in [-0.2, 0) is 6.42 Å². The van der Waals surface area contributed by atoms with Gasteiger partial charge in [-0.25, -0.2) is 9.97 Å². The van der Waals surface area contributed by atoms with Crippen LogP contribution in [-0.4, -0.2) is 49.1 Å². The molecule has 4 saturated carbocycles. The lowest BCUT2D eigenvalue weighted by Gasteiger charge is -2.58. The van der Waals surface area contributed by atoms with Gasteiger partial charge in [0.1, 0.15) is 5.52 Å². The summed E-state index contributed by atoms with van der Waals surface area (Å²) in [5, 5.41) is 17.7. The first kappa shape index (κ1) is 19.7. The second-order valence-corrected chi connectivity index (χ2v) is 9.84. The summed E-state index contributed by atoms with van der Waals surface area (Å²) in [4.78, 5) is 29.4. The molecule has 166 valence electrons. The van der Waals surface area contributed by atoms with Gasteiger partial charge >= 0.3 is 0 Å². The minimum absolute atomic E-state index is 0.164. The van der Waals surface area contributed by atoms with Gasteiger partial charge in [0, 0.05) is 37.1 Å². The number of amides is 1. The van der Waals surface area contributed by atoms with Crippen molar-refractivity contribution in [1.29, 1.82) is 0 Å². The molecule has 4 bridgehead atoms. The molecule has 4 N–H and O–H groups in total. The van der Waals surface area contributed by atoms with E-state index in [0.717, 1.165) is 43.5 Å². The fraction of sp³-hybridized carbons (Fsp3) is 0.500. The van der Waals surface area contributed by atoms with Crippen molar-refractivity contribution in [1.82, 2.24) is 25.3 Å². The average molecular weight is 433 g/mol. The molecule has 3 heterocycles. The third-order valence-corrected chi connectivity index (χ3v) is 7.64. The van der Waals surface area contributed by atoms with E-state index in [1.807, 2.05) is 18.2 Å². The highest BCUT2D eigenvalue weighted by atomic mass is 16.3. The number of aromatic nitrogens is 4. The molecule has 3 aromatic heterocycles. The highest BCUT2D eigenvalue weighted by Crippen LogP contribution is 2.56. The Bertz CT molecular complexity index is 1130. The molecule has 1 amide bonds. The van der Waals surface area contributed by atoms with Crippen LogP contribution in [0.25, 0.3) is 11.2 Å². The van der Waals surface area contributed by atoms with Crippen molar-refractivity contribution >= 4 is 22.8 Å². The molecule has 2 atom stereocenters. The van der Waals surface area contributed by atoms with Crippen LogP contribution in [0, 0.1) is 17.8 Å². The molecule has 32 heavy (non-hydrogen) atoms. The first-order chi connectivity index (χ1) is 15.6. The lowest BCUT2D eigenvalue weighted by atomic mass is 9.52. The van der Waals surface area contributed by atoms with Gasteiger partial charge in [0.05, 0.1) is 23.2 Å². The van der Waals surface area contributed by atoms with Gasteiger partial charge in [-0.3, -0.25) is 9.78 Å². The summed E-state index contributed by atoms with van der Waals surface area (Å²) < 4.78 is 0. The van der Waals surface area contributed by atoms with E-state index in [4.69, 9.17) is 0 Å². The van der Waals surface area contributed by atoms with E-state index >= 15 is 0 Å². The second kappa shape index (κ2) is 7.55. The summed E-state index contributed by atoms with van der Waals surface area (Å²) in [6, 6.07) is 6.03. The Hall–Kier alpha value is -3.00. The number of nitrogens with one attached hydrogen (secondary N) is 3. The van der Waals surface area contributed by atoms with Crippen molar-refractivity contribution in [2.45, 2.75) is 50.2 Å². The van der Waals surface area contributed by atoms with Gasteiger partial charge in [-0.2, -0.15) is 0 Å². The van der Waals surface area contributed by atoms with E-state index in [-0.39, 0.29) is 11.9 Å². The van der Waals surface area contributed by atoms with Crippen LogP contribution >= 0.6 is 0 Å². The number of aromatic amines is 1. The molecule has 8 nitrogen and oxygen atoms in total. The fourth-order valence-electron chi connectivity index (χ4n) is 6.54. The Kier molecular flexibility index (Phi) is 4.64. The van der Waals surface area contributed by atoms with E-state index in [0.29, 0.717) is 47.4 Å². The van der Waals surface area contributed by atoms with E-state index in [1.54, 1.807) is 18.7 Å². The van der Waals surface area contributed by atoms with E-state index in [2.05, 4.69) is 30.6 Å². The lowest BCUT2D eigenvalue weighted by molar-refractivity contribution is -0.129. The van der Waals surface area contributed by atoms with Gasteiger partial charge in [-0.15, -0.1) is 0 Å². The summed E-state index contributed by atoms with van der Waals surface area (Å²) in [6.45, 7) is 0.497. The Morgan fingerprint density at radius 3 is 2.75 bits per heavy atom. The van der Waals surface area contributed by atoms with Gasteiger partial charge in [0.25, 0.3) is 5.91 Å². The molecule has 0 saturated heterocycles. The number of anilines is 1. The summed E-state index contributed by atoms with van der Waals surface area (Å²) >= 11 is 0.